The van der Waals surface area contributed by atoms with Crippen LogP contribution in [0.15, 0.2) is 30.6 Å². The number of hydrogen-bond donors (Lipinski definition) is 2. The summed E-state index contributed by atoms with van der Waals surface area (Å²) in [6.45, 7) is 10.1. The maximum atomic E-state index is 12.1. The second-order valence-electron chi connectivity index (χ2n) is 8.06. The second kappa shape index (κ2) is 9.19. The van der Waals surface area contributed by atoms with Gasteiger partial charge < -0.3 is 4.74 Å². The molecule has 0 saturated carbocycles. The van der Waals surface area contributed by atoms with Crippen LogP contribution in [0.2, 0.25) is 0 Å². The van der Waals surface area contributed by atoms with Crippen LogP contribution in [-0.2, 0) is 14.3 Å². The number of ether oxygens (including phenoxy) is 1. The Labute approximate surface area is 176 Å². The molecule has 3 rings (SSSR count). The fraction of sp³-hybridized carbons (Fsp3) is 0.429. The molecular weight excluding hydrogens is 384 g/mol. The molecule has 1 aromatic heterocycles. The van der Waals surface area contributed by atoms with Crippen LogP contribution < -0.4 is 10.9 Å². The van der Waals surface area contributed by atoms with Crippen LogP contribution in [0.25, 0.3) is 17.6 Å². The van der Waals surface area contributed by atoms with Gasteiger partial charge in [-0.3, -0.25) is 25.3 Å². The van der Waals surface area contributed by atoms with Crippen LogP contribution in [0.1, 0.15) is 25.0 Å². The van der Waals surface area contributed by atoms with E-state index in [0.29, 0.717) is 25.6 Å². The smallest absolute Gasteiger partial charge is 0.263 e. The Morgan fingerprint density at radius 2 is 1.93 bits per heavy atom. The average Bonchev–Trinajstić information content (AvgIpc) is 3.15. The van der Waals surface area contributed by atoms with Crippen LogP contribution in [0, 0.1) is 13.8 Å². The maximum absolute atomic E-state index is 12.1. The number of carbonyl (C=O) groups is 2. The van der Waals surface area contributed by atoms with Crippen molar-refractivity contribution in [3.05, 3.63) is 41.7 Å². The van der Waals surface area contributed by atoms with Gasteiger partial charge in [-0.25, -0.2) is 9.67 Å². The monoisotopic (exact) mass is 412 g/mol. The first-order valence-electron chi connectivity index (χ1n) is 9.82. The van der Waals surface area contributed by atoms with Crippen molar-refractivity contribution in [1.29, 1.82) is 0 Å². The summed E-state index contributed by atoms with van der Waals surface area (Å²) in [7, 11) is 0. The van der Waals surface area contributed by atoms with Crippen molar-refractivity contribution in [2.45, 2.75) is 33.2 Å². The predicted octanol–water partition coefficient (Wildman–Crippen LogP) is 1.29. The lowest BCUT2D eigenvalue weighted by atomic mass is 10.0. The molecule has 0 spiro atoms. The van der Waals surface area contributed by atoms with Crippen LogP contribution in [0.3, 0.4) is 0 Å². The van der Waals surface area contributed by atoms with E-state index in [1.54, 1.807) is 0 Å². The van der Waals surface area contributed by atoms with Gasteiger partial charge in [0.25, 0.3) is 11.8 Å². The summed E-state index contributed by atoms with van der Waals surface area (Å²) in [5.74, 6) is -0.175. The highest BCUT2D eigenvalue weighted by molar-refractivity contribution is 5.91. The van der Waals surface area contributed by atoms with Crippen molar-refractivity contribution in [3.63, 3.8) is 0 Å². The first-order valence-corrected chi connectivity index (χ1v) is 9.82. The number of benzene rings is 1. The molecular formula is C21H28N6O3. The Balaban J connectivity index is 1.50. The Kier molecular flexibility index (Phi) is 6.63. The van der Waals surface area contributed by atoms with E-state index in [1.807, 2.05) is 44.7 Å². The summed E-state index contributed by atoms with van der Waals surface area (Å²) < 4.78 is 6.89. The van der Waals surface area contributed by atoms with Gasteiger partial charge in [0.2, 0.25) is 0 Å². The van der Waals surface area contributed by atoms with E-state index < -0.39 is 5.91 Å². The van der Waals surface area contributed by atoms with Crippen molar-refractivity contribution >= 4 is 18.0 Å². The number of hydrazine groups is 1. The summed E-state index contributed by atoms with van der Waals surface area (Å²) in [6.07, 6.45) is 4.28. The molecule has 2 amide bonds. The number of nitrogens with zero attached hydrogens (tertiary/aromatic N) is 4. The number of nitrogens with one attached hydrogen (secondary N) is 2. The van der Waals surface area contributed by atoms with E-state index in [2.05, 4.69) is 27.0 Å². The molecule has 2 aromatic rings. The number of aryl methyl sites for hydroxylation is 2. The molecule has 1 aliphatic rings. The first-order chi connectivity index (χ1) is 14.2. The quantitative estimate of drug-likeness (QED) is 0.567. The zero-order valence-electron chi connectivity index (χ0n) is 17.8. The van der Waals surface area contributed by atoms with Crippen molar-refractivity contribution in [2.24, 2.45) is 0 Å². The number of aromatic nitrogens is 3. The zero-order valence-corrected chi connectivity index (χ0v) is 17.8. The number of carbonyl (C=O) groups excluding carboxylic acids is 2. The molecule has 1 fully saturated rings. The van der Waals surface area contributed by atoms with Crippen molar-refractivity contribution in [1.82, 2.24) is 30.5 Å². The van der Waals surface area contributed by atoms with Gasteiger partial charge in [0.05, 0.1) is 19.8 Å². The molecule has 1 aliphatic heterocycles. The average molecular weight is 412 g/mol. The highest BCUT2D eigenvalue weighted by atomic mass is 16.5. The lowest BCUT2D eigenvalue weighted by Crippen LogP contribution is -2.57. The van der Waals surface area contributed by atoms with E-state index in [1.165, 1.54) is 23.3 Å². The minimum atomic E-state index is -0.465. The number of morpholine rings is 1. The van der Waals surface area contributed by atoms with Crippen LogP contribution in [-0.4, -0.2) is 63.3 Å². The molecule has 0 unspecified atom stereocenters. The van der Waals surface area contributed by atoms with Gasteiger partial charge in [-0.2, -0.15) is 0 Å². The highest BCUT2D eigenvalue weighted by Crippen LogP contribution is 2.19. The van der Waals surface area contributed by atoms with Crippen LogP contribution in [0.4, 0.5) is 0 Å². The third-order valence-corrected chi connectivity index (χ3v) is 4.84. The Morgan fingerprint density at radius 3 is 2.63 bits per heavy atom. The molecule has 0 bridgehead atoms. The molecule has 2 heterocycles. The molecule has 30 heavy (non-hydrogen) atoms. The number of hydrogen-bond acceptors (Lipinski definition) is 6. The van der Waals surface area contributed by atoms with E-state index >= 15 is 0 Å². The Hall–Kier alpha value is -3.04. The molecule has 160 valence electrons. The summed E-state index contributed by atoms with van der Waals surface area (Å²) in [6, 6.07) is 6.10. The predicted molar refractivity (Wildman–Crippen MR) is 113 cm³/mol. The normalized spacial score (nSPS) is 16.5. The van der Waals surface area contributed by atoms with Crippen molar-refractivity contribution < 1.29 is 14.3 Å². The molecule has 1 saturated heterocycles. The van der Waals surface area contributed by atoms with E-state index in [4.69, 9.17) is 4.74 Å². The minimum Gasteiger partial charge on any atom is -0.378 e. The van der Waals surface area contributed by atoms with Gasteiger partial charge in [0, 0.05) is 29.9 Å². The Bertz CT molecular complexity index is 930. The molecule has 9 nitrogen and oxygen atoms in total. The third kappa shape index (κ3) is 5.74. The molecule has 9 heteroatoms. The largest absolute Gasteiger partial charge is 0.378 e. The summed E-state index contributed by atoms with van der Waals surface area (Å²) in [4.78, 5) is 30.4. The standard InChI is InChI=1S/C21H28N6O3/c1-15-9-16(2)11-17(10-15)20-22-14-27(25-20)6-5-18(28)23-24-19(29)12-26-7-8-30-13-21(26,3)4/h5-6,9-11,14H,7-8,12-13H2,1-4H3,(H,23,28)(H,24,29)/b6-5-. The minimum absolute atomic E-state index is 0.183. The zero-order chi connectivity index (χ0) is 21.7. The van der Waals surface area contributed by atoms with Crippen LogP contribution >= 0.6 is 0 Å². The Morgan fingerprint density at radius 1 is 1.20 bits per heavy atom. The van der Waals surface area contributed by atoms with Gasteiger partial charge in [-0.15, -0.1) is 5.10 Å². The maximum Gasteiger partial charge on any atom is 0.263 e. The second-order valence-corrected chi connectivity index (χ2v) is 8.06. The van der Waals surface area contributed by atoms with Crippen molar-refractivity contribution in [3.8, 4) is 11.4 Å². The van der Waals surface area contributed by atoms with Gasteiger partial charge in [-0.1, -0.05) is 17.2 Å². The molecule has 0 radical (unpaired) electrons. The third-order valence-electron chi connectivity index (χ3n) is 4.84. The van der Waals surface area contributed by atoms with E-state index in [9.17, 15) is 9.59 Å². The van der Waals surface area contributed by atoms with E-state index in [0.717, 1.165) is 16.7 Å². The summed E-state index contributed by atoms with van der Waals surface area (Å²) in [5, 5.41) is 4.36. The number of amides is 2. The van der Waals surface area contributed by atoms with Gasteiger partial charge in [0.15, 0.2) is 5.82 Å². The van der Waals surface area contributed by atoms with Crippen LogP contribution in [0.5, 0.6) is 0 Å². The molecule has 2 N–H and O–H groups in total. The summed E-state index contributed by atoms with van der Waals surface area (Å²) in [5.41, 5.74) is 7.77. The number of rotatable bonds is 5. The first kappa shape index (κ1) is 21.7. The van der Waals surface area contributed by atoms with Gasteiger partial charge >= 0.3 is 0 Å². The lowest BCUT2D eigenvalue weighted by Gasteiger charge is -2.41. The van der Waals surface area contributed by atoms with Crippen molar-refractivity contribution in [2.75, 3.05) is 26.3 Å². The van der Waals surface area contributed by atoms with Gasteiger partial charge in [0.1, 0.15) is 6.33 Å². The molecule has 1 aromatic carbocycles. The molecule has 0 atom stereocenters. The van der Waals surface area contributed by atoms with E-state index in [-0.39, 0.29) is 18.0 Å². The SMILES string of the molecule is Cc1cc(C)cc(-c2ncn(/C=C\C(=O)NNC(=O)CN3CCOCC3(C)C)n2)c1. The highest BCUT2D eigenvalue weighted by Gasteiger charge is 2.31. The van der Waals surface area contributed by atoms with Gasteiger partial charge in [-0.05, 0) is 39.8 Å². The fourth-order valence-corrected chi connectivity index (χ4v) is 3.30. The molecule has 0 aliphatic carbocycles. The topological polar surface area (TPSA) is 101 Å². The lowest BCUT2D eigenvalue weighted by molar-refractivity contribution is -0.131. The summed E-state index contributed by atoms with van der Waals surface area (Å²) >= 11 is 0. The fourth-order valence-electron chi connectivity index (χ4n) is 3.30.